The summed E-state index contributed by atoms with van der Waals surface area (Å²) in [7, 11) is 4.45. The van der Waals surface area contributed by atoms with Gasteiger partial charge in [-0.3, -0.25) is 9.59 Å². The molecule has 5 atom stereocenters. The van der Waals surface area contributed by atoms with Crippen LogP contribution in [-0.2, 0) is 23.8 Å². The van der Waals surface area contributed by atoms with E-state index in [0.717, 1.165) is 5.56 Å². The lowest BCUT2D eigenvalue weighted by Gasteiger charge is -2.43. The van der Waals surface area contributed by atoms with Crippen LogP contribution in [0.4, 0.5) is 0 Å². The number of benzene rings is 1. The van der Waals surface area contributed by atoms with Crippen LogP contribution in [0.5, 0.6) is 17.2 Å². The Morgan fingerprint density at radius 2 is 2.00 bits per heavy atom. The molecule has 2 bridgehead atoms. The highest BCUT2D eigenvalue weighted by molar-refractivity contribution is 6.04. The maximum Gasteiger partial charge on any atom is 0.303 e. The van der Waals surface area contributed by atoms with Crippen molar-refractivity contribution in [3.63, 3.8) is 0 Å². The van der Waals surface area contributed by atoms with Gasteiger partial charge in [-0.15, -0.1) is 6.58 Å². The van der Waals surface area contributed by atoms with E-state index in [1.165, 1.54) is 21.1 Å². The first-order valence-corrected chi connectivity index (χ1v) is 10.4. The van der Waals surface area contributed by atoms with Gasteiger partial charge in [0.15, 0.2) is 22.9 Å². The fourth-order valence-corrected chi connectivity index (χ4v) is 5.76. The summed E-state index contributed by atoms with van der Waals surface area (Å²) in [6.45, 7) is 7.34. The summed E-state index contributed by atoms with van der Waals surface area (Å²) in [5, 5.41) is 0. The van der Waals surface area contributed by atoms with Gasteiger partial charge in [0.25, 0.3) is 0 Å². The number of fused-ring (bicyclic) bond motifs is 3. The van der Waals surface area contributed by atoms with Gasteiger partial charge in [0.1, 0.15) is 6.10 Å². The number of allylic oxidation sites excluding steroid dienone is 1. The number of methoxy groups -OCH3 is 3. The number of carbonyl (C=O) groups excluding carboxylic acids is 2. The molecule has 1 fully saturated rings. The molecule has 4 rings (SSSR count). The minimum atomic E-state index is -1.51. The van der Waals surface area contributed by atoms with Crippen LogP contribution in [0.2, 0.25) is 0 Å². The number of ether oxygens (including phenoxy) is 6. The van der Waals surface area contributed by atoms with Crippen LogP contribution in [0.25, 0.3) is 0 Å². The number of hydrogen-bond acceptors (Lipinski definition) is 8. The van der Waals surface area contributed by atoms with E-state index in [2.05, 4.69) is 6.58 Å². The second kappa shape index (κ2) is 7.85. The molecule has 1 saturated carbocycles. The molecule has 8 heteroatoms. The SMILES string of the molecule is C=CC[C@@]12C=C(OC)C(=O)[C@@](OC)([C@@H](c3cc(OC)c4c(c3)OCO4)[C@@H]1C)[C@H]2OC(C)=O. The average molecular weight is 444 g/mol. The van der Waals surface area contributed by atoms with Crippen LogP contribution in [0.1, 0.15) is 31.7 Å². The van der Waals surface area contributed by atoms with E-state index < -0.39 is 29.0 Å². The second-order valence-electron chi connectivity index (χ2n) is 8.36. The lowest BCUT2D eigenvalue weighted by Crippen LogP contribution is -2.59. The highest BCUT2D eigenvalue weighted by Crippen LogP contribution is 2.65. The van der Waals surface area contributed by atoms with Gasteiger partial charge in [-0.2, -0.15) is 0 Å². The van der Waals surface area contributed by atoms with Crippen molar-refractivity contribution < 1.29 is 38.0 Å². The maximum absolute atomic E-state index is 13.8. The third-order valence-electron chi connectivity index (χ3n) is 7.05. The lowest BCUT2D eigenvalue weighted by molar-refractivity contribution is -0.181. The van der Waals surface area contributed by atoms with Gasteiger partial charge in [0, 0.05) is 25.4 Å². The predicted octanol–water partition coefficient (Wildman–Crippen LogP) is 3.15. The van der Waals surface area contributed by atoms with Gasteiger partial charge < -0.3 is 28.4 Å². The molecule has 32 heavy (non-hydrogen) atoms. The number of rotatable bonds is 7. The number of Topliss-reactive ketones (excluding diaryl/α,β-unsaturated/α-hetero) is 1. The molecule has 0 radical (unpaired) electrons. The molecule has 0 unspecified atom stereocenters. The van der Waals surface area contributed by atoms with Crippen molar-refractivity contribution in [3.05, 3.63) is 42.2 Å². The van der Waals surface area contributed by atoms with Crippen molar-refractivity contribution >= 4 is 11.8 Å². The maximum atomic E-state index is 13.8. The smallest absolute Gasteiger partial charge is 0.303 e. The summed E-state index contributed by atoms with van der Waals surface area (Å²) in [4.78, 5) is 26.0. The summed E-state index contributed by atoms with van der Waals surface area (Å²) in [5.41, 5.74) is -1.52. The molecule has 0 aromatic heterocycles. The number of ketones is 1. The molecular weight excluding hydrogens is 416 g/mol. The summed E-state index contributed by atoms with van der Waals surface area (Å²) in [6.07, 6.45) is 3.11. The van der Waals surface area contributed by atoms with Crippen LogP contribution < -0.4 is 14.2 Å². The first-order chi connectivity index (χ1) is 15.3. The molecule has 3 aliphatic rings. The molecule has 1 aromatic rings. The van der Waals surface area contributed by atoms with Crippen LogP contribution >= 0.6 is 0 Å². The zero-order valence-electron chi connectivity index (χ0n) is 18.9. The van der Waals surface area contributed by atoms with Crippen molar-refractivity contribution in [1.29, 1.82) is 0 Å². The molecule has 1 aromatic carbocycles. The number of hydrogen-bond donors (Lipinski definition) is 0. The Balaban J connectivity index is 2.00. The highest BCUT2D eigenvalue weighted by Gasteiger charge is 2.74. The summed E-state index contributed by atoms with van der Waals surface area (Å²) in [5.74, 6) is 0.123. The molecule has 0 saturated heterocycles. The predicted molar refractivity (Wildman–Crippen MR) is 114 cm³/mol. The van der Waals surface area contributed by atoms with Gasteiger partial charge in [-0.25, -0.2) is 0 Å². The Morgan fingerprint density at radius 3 is 2.59 bits per heavy atom. The third-order valence-corrected chi connectivity index (χ3v) is 7.05. The van der Waals surface area contributed by atoms with E-state index in [0.29, 0.717) is 23.7 Å². The van der Waals surface area contributed by atoms with Crippen LogP contribution in [0.15, 0.2) is 36.6 Å². The second-order valence-corrected chi connectivity index (χ2v) is 8.36. The van der Waals surface area contributed by atoms with Crippen molar-refractivity contribution in [3.8, 4) is 17.2 Å². The lowest BCUT2D eigenvalue weighted by atomic mass is 9.69. The Kier molecular flexibility index (Phi) is 5.45. The van der Waals surface area contributed by atoms with Crippen molar-refractivity contribution in [2.75, 3.05) is 28.1 Å². The molecule has 8 nitrogen and oxygen atoms in total. The third kappa shape index (κ3) is 2.78. The molecule has 0 N–H and O–H groups in total. The molecule has 1 heterocycles. The molecule has 0 amide bonds. The standard InChI is InChI=1S/C24H28O8/c1-7-8-23-11-18(28-5)21(26)24(29-6,22(23)32-14(3)25)19(13(23)2)15-9-16(27-4)20-17(10-15)30-12-31-20/h7,9-11,13,19,22H,1,8,12H2,2-6H3/t13-,19+,22-,23+,24-/m0/s1. The number of carbonyl (C=O) groups is 2. The Labute approximate surface area is 187 Å². The molecular formula is C24H28O8. The van der Waals surface area contributed by atoms with E-state index in [1.54, 1.807) is 19.3 Å². The van der Waals surface area contributed by atoms with E-state index in [1.807, 2.05) is 19.1 Å². The number of esters is 1. The van der Waals surface area contributed by atoms with Gasteiger partial charge in [0.05, 0.1) is 14.2 Å². The van der Waals surface area contributed by atoms with Crippen molar-refractivity contribution in [1.82, 2.24) is 0 Å². The van der Waals surface area contributed by atoms with Crippen LogP contribution in [-0.4, -0.2) is 51.6 Å². The summed E-state index contributed by atoms with van der Waals surface area (Å²) < 4.78 is 34.0. The quantitative estimate of drug-likeness (QED) is 0.468. The molecule has 172 valence electrons. The van der Waals surface area contributed by atoms with E-state index in [9.17, 15) is 9.59 Å². The van der Waals surface area contributed by atoms with Gasteiger partial charge in [-0.1, -0.05) is 13.0 Å². The average Bonchev–Trinajstić information content (AvgIpc) is 3.30. The fourth-order valence-electron chi connectivity index (χ4n) is 5.76. The van der Waals surface area contributed by atoms with Gasteiger partial charge >= 0.3 is 5.97 Å². The summed E-state index contributed by atoms with van der Waals surface area (Å²) in [6, 6.07) is 3.65. The summed E-state index contributed by atoms with van der Waals surface area (Å²) >= 11 is 0. The molecule has 2 aliphatic carbocycles. The van der Waals surface area contributed by atoms with Gasteiger partial charge in [-0.05, 0) is 36.1 Å². The van der Waals surface area contributed by atoms with E-state index >= 15 is 0 Å². The van der Waals surface area contributed by atoms with E-state index in [4.69, 9.17) is 28.4 Å². The molecule has 0 spiro atoms. The first-order valence-electron chi connectivity index (χ1n) is 10.4. The van der Waals surface area contributed by atoms with Crippen LogP contribution in [0, 0.1) is 11.3 Å². The minimum Gasteiger partial charge on any atom is -0.493 e. The Morgan fingerprint density at radius 1 is 1.25 bits per heavy atom. The topological polar surface area (TPSA) is 89.5 Å². The highest BCUT2D eigenvalue weighted by atomic mass is 16.7. The van der Waals surface area contributed by atoms with Crippen molar-refractivity contribution in [2.24, 2.45) is 11.3 Å². The first kappa shape index (κ1) is 22.2. The molecule has 1 aliphatic heterocycles. The van der Waals surface area contributed by atoms with Crippen molar-refractivity contribution in [2.45, 2.75) is 37.9 Å². The van der Waals surface area contributed by atoms with Gasteiger partial charge in [0.2, 0.25) is 18.3 Å². The normalized spacial score (nSPS) is 32.3. The monoisotopic (exact) mass is 444 g/mol. The largest absolute Gasteiger partial charge is 0.493 e. The Hall–Kier alpha value is -3.00. The van der Waals surface area contributed by atoms with E-state index in [-0.39, 0.29) is 24.3 Å². The minimum absolute atomic E-state index is 0.0789. The van der Waals surface area contributed by atoms with Crippen LogP contribution in [0.3, 0.4) is 0 Å². The zero-order chi connectivity index (χ0) is 23.3. The zero-order valence-corrected chi connectivity index (χ0v) is 18.9. The fraction of sp³-hybridized carbons (Fsp3) is 0.500. The Bertz CT molecular complexity index is 998.